The van der Waals surface area contributed by atoms with E-state index in [9.17, 15) is 0 Å². The van der Waals surface area contributed by atoms with E-state index in [4.69, 9.17) is 22.9 Å². The molecular weight excluding hydrogens is 380 g/mol. The van der Waals surface area contributed by atoms with E-state index in [-0.39, 0.29) is 22.9 Å². The first-order chi connectivity index (χ1) is 14.9. The van der Waals surface area contributed by atoms with Crippen molar-refractivity contribution < 1.29 is 0 Å². The molecule has 31 heavy (non-hydrogen) atoms. The Morgan fingerprint density at radius 3 is 1.42 bits per heavy atom. The maximum absolute atomic E-state index is 6.77. The second-order valence-electron chi connectivity index (χ2n) is 8.93. The second kappa shape index (κ2) is 8.58. The molecule has 0 aromatic heterocycles. The molecule has 0 fully saturated rings. The smallest absolute Gasteiger partial charge is 0.0346 e. The van der Waals surface area contributed by atoms with E-state index < -0.39 is 0 Å². The van der Waals surface area contributed by atoms with Crippen molar-refractivity contribution >= 4 is 11.4 Å². The maximum atomic E-state index is 6.77. The quantitative estimate of drug-likeness (QED) is 0.540. The van der Waals surface area contributed by atoms with E-state index in [1.165, 1.54) is 0 Å². The lowest BCUT2D eigenvalue weighted by molar-refractivity contribution is 0.178. The Morgan fingerprint density at radius 2 is 1.03 bits per heavy atom. The predicted molar refractivity (Wildman–Crippen MR) is 131 cm³/mol. The fourth-order valence-electron chi connectivity index (χ4n) is 5.01. The molecule has 4 unspecified atom stereocenters. The minimum atomic E-state index is -0.319. The van der Waals surface area contributed by atoms with Crippen molar-refractivity contribution in [1.82, 2.24) is 0 Å². The normalized spacial score (nSPS) is 29.4. The third-order valence-electron chi connectivity index (χ3n) is 6.85. The van der Waals surface area contributed by atoms with Crippen molar-refractivity contribution in [3.05, 3.63) is 108 Å². The molecule has 4 rings (SSSR count). The molecule has 4 heteroatoms. The van der Waals surface area contributed by atoms with Gasteiger partial charge in [-0.3, -0.25) is 0 Å². The molecular formula is C27H32N4. The number of anilines is 2. The van der Waals surface area contributed by atoms with Gasteiger partial charge < -0.3 is 22.9 Å². The van der Waals surface area contributed by atoms with Crippen LogP contribution in [0.4, 0.5) is 11.4 Å². The van der Waals surface area contributed by atoms with Gasteiger partial charge in [0, 0.05) is 34.3 Å². The van der Waals surface area contributed by atoms with Gasteiger partial charge in [0.1, 0.15) is 0 Å². The molecule has 0 radical (unpaired) electrons. The van der Waals surface area contributed by atoms with Gasteiger partial charge in [-0.05, 0) is 42.5 Å². The number of rotatable bonds is 6. The fourth-order valence-corrected chi connectivity index (χ4v) is 5.01. The highest BCUT2D eigenvalue weighted by Crippen LogP contribution is 2.48. The lowest BCUT2D eigenvalue weighted by Gasteiger charge is -2.47. The van der Waals surface area contributed by atoms with Crippen molar-refractivity contribution in [2.75, 3.05) is 11.5 Å². The number of hydrogen-bond donors (Lipinski definition) is 4. The van der Waals surface area contributed by atoms with Gasteiger partial charge >= 0.3 is 0 Å². The van der Waals surface area contributed by atoms with Gasteiger partial charge in [-0.25, -0.2) is 0 Å². The number of nitrogen functional groups attached to an aromatic ring is 2. The molecule has 0 saturated heterocycles. The molecule has 0 saturated carbocycles. The first-order valence-corrected chi connectivity index (χ1v) is 10.8. The van der Waals surface area contributed by atoms with E-state index in [1.807, 2.05) is 48.6 Å². The lowest BCUT2D eigenvalue weighted by atomic mass is 9.59. The van der Waals surface area contributed by atoms with Crippen LogP contribution in [-0.2, 0) is 12.8 Å². The zero-order valence-corrected chi connectivity index (χ0v) is 17.8. The van der Waals surface area contributed by atoms with Gasteiger partial charge in [0.15, 0.2) is 0 Å². The minimum Gasteiger partial charge on any atom is -0.399 e. The molecule has 2 aliphatic rings. The number of para-hydroxylation sites is 2. The van der Waals surface area contributed by atoms with Crippen LogP contribution in [-0.4, -0.2) is 12.1 Å². The fraction of sp³-hybridized carbons (Fsp3) is 0.259. The first-order valence-electron chi connectivity index (χ1n) is 10.8. The molecule has 2 aromatic rings. The predicted octanol–water partition coefficient (Wildman–Crippen LogP) is 3.91. The summed E-state index contributed by atoms with van der Waals surface area (Å²) in [5, 5.41) is 0. The zero-order valence-electron chi connectivity index (χ0n) is 17.8. The Balaban J connectivity index is 1.77. The number of hydrogen-bond acceptors (Lipinski definition) is 4. The van der Waals surface area contributed by atoms with E-state index in [0.29, 0.717) is 0 Å². The van der Waals surface area contributed by atoms with Crippen molar-refractivity contribution in [3.8, 4) is 0 Å². The van der Waals surface area contributed by atoms with Crippen LogP contribution in [0.3, 0.4) is 0 Å². The van der Waals surface area contributed by atoms with Gasteiger partial charge in [0.05, 0.1) is 0 Å². The zero-order chi connectivity index (χ0) is 21.9. The van der Waals surface area contributed by atoms with E-state index >= 15 is 0 Å². The van der Waals surface area contributed by atoms with Crippen molar-refractivity contribution in [3.63, 3.8) is 0 Å². The third kappa shape index (κ3) is 4.22. The molecule has 160 valence electrons. The van der Waals surface area contributed by atoms with Gasteiger partial charge in [-0.2, -0.15) is 0 Å². The van der Waals surface area contributed by atoms with E-state index in [1.54, 1.807) is 0 Å². The molecule has 0 bridgehead atoms. The Labute approximate surface area is 185 Å². The molecule has 2 aliphatic carbocycles. The van der Waals surface area contributed by atoms with Crippen LogP contribution in [0.5, 0.6) is 0 Å². The average Bonchev–Trinajstić information content (AvgIpc) is 2.76. The highest BCUT2D eigenvalue weighted by atomic mass is 14.7. The topological polar surface area (TPSA) is 104 Å². The highest BCUT2D eigenvalue weighted by molar-refractivity contribution is 5.49. The SMILES string of the molecule is Nc1ccccc1CC1(CC2(Cc3ccccc3N)C=CC=CC2N)C=CC=CC1N. The Hall–Kier alpha value is -3.08. The molecule has 0 amide bonds. The molecule has 0 heterocycles. The van der Waals surface area contributed by atoms with Gasteiger partial charge in [0.2, 0.25) is 0 Å². The first kappa shape index (κ1) is 21.2. The summed E-state index contributed by atoms with van der Waals surface area (Å²) >= 11 is 0. The van der Waals surface area contributed by atoms with Gasteiger partial charge in [-0.1, -0.05) is 85.0 Å². The Bertz CT molecular complexity index is 967. The largest absolute Gasteiger partial charge is 0.399 e. The Kier molecular flexibility index (Phi) is 5.86. The van der Waals surface area contributed by atoms with Crippen LogP contribution in [0.1, 0.15) is 17.5 Å². The highest BCUT2D eigenvalue weighted by Gasteiger charge is 2.45. The number of benzene rings is 2. The molecule has 0 aliphatic heterocycles. The van der Waals surface area contributed by atoms with E-state index in [2.05, 4.69) is 48.6 Å². The molecule has 4 atom stereocenters. The van der Waals surface area contributed by atoms with Crippen LogP contribution >= 0.6 is 0 Å². The van der Waals surface area contributed by atoms with Crippen LogP contribution in [0.15, 0.2) is 97.1 Å². The second-order valence-corrected chi connectivity index (χ2v) is 8.93. The summed E-state index contributed by atoms with van der Waals surface area (Å²) in [6, 6.07) is 15.8. The third-order valence-corrected chi connectivity index (χ3v) is 6.85. The summed E-state index contributed by atoms with van der Waals surface area (Å²) in [6.45, 7) is 0. The summed E-state index contributed by atoms with van der Waals surface area (Å²) < 4.78 is 0. The number of nitrogens with two attached hydrogens (primary N) is 4. The average molecular weight is 413 g/mol. The number of allylic oxidation sites excluding steroid dienone is 4. The molecule has 8 N–H and O–H groups in total. The van der Waals surface area contributed by atoms with Crippen LogP contribution in [0.2, 0.25) is 0 Å². The summed E-state index contributed by atoms with van der Waals surface area (Å²) in [5.74, 6) is 0. The molecule has 4 nitrogen and oxygen atoms in total. The Morgan fingerprint density at radius 1 is 0.613 bits per heavy atom. The summed E-state index contributed by atoms with van der Waals surface area (Å²) in [4.78, 5) is 0. The summed E-state index contributed by atoms with van der Waals surface area (Å²) in [6.07, 6.45) is 19.2. The monoisotopic (exact) mass is 412 g/mol. The lowest BCUT2D eigenvalue weighted by Crippen LogP contribution is -2.51. The summed E-state index contributed by atoms with van der Waals surface area (Å²) in [5.41, 5.74) is 29.4. The van der Waals surface area contributed by atoms with Crippen molar-refractivity contribution in [1.29, 1.82) is 0 Å². The van der Waals surface area contributed by atoms with Gasteiger partial charge in [-0.15, -0.1) is 0 Å². The van der Waals surface area contributed by atoms with E-state index in [0.717, 1.165) is 41.8 Å². The van der Waals surface area contributed by atoms with Crippen LogP contribution in [0, 0.1) is 10.8 Å². The van der Waals surface area contributed by atoms with Crippen molar-refractivity contribution in [2.24, 2.45) is 22.3 Å². The standard InChI is InChI=1S/C27H32N4/c28-22-11-3-1-9-20(22)17-26(15-7-5-13-24(26)30)19-27(16-8-6-14-25(27)31)18-21-10-2-4-12-23(21)29/h1-16,24-25H,17-19,28-31H2. The van der Waals surface area contributed by atoms with Crippen LogP contribution in [0.25, 0.3) is 0 Å². The summed E-state index contributed by atoms with van der Waals surface area (Å²) in [7, 11) is 0. The maximum Gasteiger partial charge on any atom is 0.0346 e. The van der Waals surface area contributed by atoms with Crippen LogP contribution < -0.4 is 22.9 Å². The van der Waals surface area contributed by atoms with Gasteiger partial charge in [0.25, 0.3) is 0 Å². The minimum absolute atomic E-state index is 0.145. The molecule has 2 aromatic carbocycles. The van der Waals surface area contributed by atoms with Crippen molar-refractivity contribution in [2.45, 2.75) is 31.3 Å². The molecule has 0 spiro atoms.